The number of halogens is 3. The first kappa shape index (κ1) is 16.9. The third-order valence-electron chi connectivity index (χ3n) is 2.62. The zero-order valence-corrected chi connectivity index (χ0v) is 13.8. The summed E-state index contributed by atoms with van der Waals surface area (Å²) in [6, 6.07) is 3.25. The highest BCUT2D eigenvalue weighted by Crippen LogP contribution is 2.34. The molecule has 0 fully saturated rings. The van der Waals surface area contributed by atoms with Gasteiger partial charge in [-0.25, -0.2) is 0 Å². The zero-order chi connectivity index (χ0) is 14.5. The van der Waals surface area contributed by atoms with E-state index in [1.54, 1.807) is 12.1 Å². The van der Waals surface area contributed by atoms with Crippen molar-refractivity contribution in [3.8, 4) is 5.75 Å². The molecule has 0 amide bonds. The number of nitrogens with one attached hydrogen (secondary N) is 1. The highest BCUT2D eigenvalue weighted by Gasteiger charge is 2.19. The minimum Gasteiger partial charge on any atom is -0.491 e. The highest BCUT2D eigenvalue weighted by atomic mass is 35.5. The Labute approximate surface area is 130 Å². The summed E-state index contributed by atoms with van der Waals surface area (Å²) >= 11 is 17.9. The molecule has 0 aliphatic carbocycles. The van der Waals surface area contributed by atoms with Crippen molar-refractivity contribution in [2.24, 2.45) is 5.41 Å². The first-order valence-electron chi connectivity index (χ1n) is 6.34. The standard InChI is InChI=1S/C14H20Cl3NO/c1-4-5-18-8-14(2,3)9-19-13-7-11(16)10(15)6-12(13)17/h6-7,18H,4-5,8-9H2,1-3H3. The van der Waals surface area contributed by atoms with Gasteiger partial charge in [-0.3, -0.25) is 0 Å². The second-order valence-electron chi connectivity index (χ2n) is 5.33. The number of rotatable bonds is 7. The van der Waals surface area contributed by atoms with Gasteiger partial charge in [0, 0.05) is 18.0 Å². The van der Waals surface area contributed by atoms with Crippen LogP contribution in [-0.4, -0.2) is 19.7 Å². The average Bonchev–Trinajstić information content (AvgIpc) is 2.32. The van der Waals surface area contributed by atoms with Crippen LogP contribution in [0.1, 0.15) is 27.2 Å². The van der Waals surface area contributed by atoms with Gasteiger partial charge in [-0.1, -0.05) is 55.6 Å². The normalized spacial score (nSPS) is 11.7. The molecule has 0 saturated heterocycles. The molecule has 0 atom stereocenters. The molecule has 0 bridgehead atoms. The van der Waals surface area contributed by atoms with E-state index in [0.717, 1.165) is 19.5 Å². The fraction of sp³-hybridized carbons (Fsp3) is 0.571. The van der Waals surface area contributed by atoms with E-state index >= 15 is 0 Å². The Hall–Kier alpha value is -0.150. The predicted molar refractivity (Wildman–Crippen MR) is 83.9 cm³/mol. The van der Waals surface area contributed by atoms with Crippen molar-refractivity contribution in [3.05, 3.63) is 27.2 Å². The largest absolute Gasteiger partial charge is 0.491 e. The van der Waals surface area contributed by atoms with Crippen LogP contribution in [0.4, 0.5) is 0 Å². The first-order chi connectivity index (χ1) is 8.85. The molecule has 0 aliphatic rings. The van der Waals surface area contributed by atoms with Crippen molar-refractivity contribution < 1.29 is 4.74 Å². The molecule has 1 aromatic rings. The van der Waals surface area contributed by atoms with Crippen molar-refractivity contribution in [3.63, 3.8) is 0 Å². The van der Waals surface area contributed by atoms with Gasteiger partial charge in [-0.2, -0.15) is 0 Å². The predicted octanol–water partition coefficient (Wildman–Crippen LogP) is 5.05. The summed E-state index contributed by atoms with van der Waals surface area (Å²) in [5.74, 6) is 0.569. The van der Waals surface area contributed by atoms with E-state index in [9.17, 15) is 0 Å². The Morgan fingerprint density at radius 3 is 2.37 bits per heavy atom. The molecule has 108 valence electrons. The van der Waals surface area contributed by atoms with E-state index in [0.29, 0.717) is 27.4 Å². The van der Waals surface area contributed by atoms with E-state index in [2.05, 4.69) is 26.1 Å². The molecule has 1 aromatic carbocycles. The lowest BCUT2D eigenvalue weighted by atomic mass is 9.95. The van der Waals surface area contributed by atoms with E-state index in [1.807, 2.05) is 0 Å². The average molecular weight is 325 g/mol. The van der Waals surface area contributed by atoms with Crippen molar-refractivity contribution in [1.82, 2.24) is 5.32 Å². The van der Waals surface area contributed by atoms with Crippen LogP contribution in [0.2, 0.25) is 15.1 Å². The topological polar surface area (TPSA) is 21.3 Å². The highest BCUT2D eigenvalue weighted by molar-refractivity contribution is 6.43. The summed E-state index contributed by atoms with van der Waals surface area (Å²) in [7, 11) is 0. The summed E-state index contributed by atoms with van der Waals surface area (Å²) in [6.45, 7) is 8.88. The van der Waals surface area contributed by atoms with Crippen LogP contribution in [0.25, 0.3) is 0 Å². The smallest absolute Gasteiger partial charge is 0.139 e. The summed E-state index contributed by atoms with van der Waals surface area (Å²) in [4.78, 5) is 0. The lowest BCUT2D eigenvalue weighted by molar-refractivity contribution is 0.176. The summed E-state index contributed by atoms with van der Waals surface area (Å²) < 4.78 is 5.75. The molecule has 0 aromatic heterocycles. The molecular weight excluding hydrogens is 305 g/mol. The Morgan fingerprint density at radius 2 is 1.74 bits per heavy atom. The molecule has 0 heterocycles. The molecule has 1 rings (SSSR count). The van der Waals surface area contributed by atoms with Crippen LogP contribution in [0.15, 0.2) is 12.1 Å². The third-order valence-corrected chi connectivity index (χ3v) is 3.64. The number of hydrogen-bond donors (Lipinski definition) is 1. The van der Waals surface area contributed by atoms with Crippen LogP contribution in [0.5, 0.6) is 5.75 Å². The lowest BCUT2D eigenvalue weighted by Gasteiger charge is -2.25. The number of benzene rings is 1. The van der Waals surface area contributed by atoms with Gasteiger partial charge in [0.25, 0.3) is 0 Å². The van der Waals surface area contributed by atoms with Crippen LogP contribution in [-0.2, 0) is 0 Å². The number of ether oxygens (including phenoxy) is 1. The second kappa shape index (κ2) is 7.58. The molecule has 1 N–H and O–H groups in total. The summed E-state index contributed by atoms with van der Waals surface area (Å²) in [6.07, 6.45) is 1.12. The maximum atomic E-state index is 6.07. The van der Waals surface area contributed by atoms with Gasteiger partial charge in [-0.05, 0) is 19.0 Å². The Kier molecular flexibility index (Phi) is 6.75. The quantitative estimate of drug-likeness (QED) is 0.559. The van der Waals surface area contributed by atoms with Crippen molar-refractivity contribution >= 4 is 34.8 Å². The zero-order valence-electron chi connectivity index (χ0n) is 11.5. The van der Waals surface area contributed by atoms with Gasteiger partial charge in [0.15, 0.2) is 0 Å². The molecule has 0 aliphatic heterocycles. The van der Waals surface area contributed by atoms with E-state index in [4.69, 9.17) is 39.5 Å². The minimum atomic E-state index is 0.0185. The van der Waals surface area contributed by atoms with E-state index in [1.165, 1.54) is 0 Å². The second-order valence-corrected chi connectivity index (χ2v) is 6.55. The van der Waals surface area contributed by atoms with Crippen LogP contribution in [0.3, 0.4) is 0 Å². The van der Waals surface area contributed by atoms with Gasteiger partial charge < -0.3 is 10.1 Å². The SMILES string of the molecule is CCCNCC(C)(C)COc1cc(Cl)c(Cl)cc1Cl. The molecule has 5 heteroatoms. The third kappa shape index (κ3) is 5.78. The van der Waals surface area contributed by atoms with Gasteiger partial charge in [0.2, 0.25) is 0 Å². The van der Waals surface area contributed by atoms with Gasteiger partial charge in [0.1, 0.15) is 5.75 Å². The van der Waals surface area contributed by atoms with Crippen molar-refractivity contribution in [1.29, 1.82) is 0 Å². The van der Waals surface area contributed by atoms with Crippen LogP contribution < -0.4 is 10.1 Å². The van der Waals surface area contributed by atoms with Gasteiger partial charge in [-0.15, -0.1) is 0 Å². The fourth-order valence-electron chi connectivity index (χ4n) is 1.54. The minimum absolute atomic E-state index is 0.0185. The summed E-state index contributed by atoms with van der Waals surface area (Å²) in [5, 5.41) is 4.75. The molecule has 0 spiro atoms. The molecule has 19 heavy (non-hydrogen) atoms. The molecule has 0 unspecified atom stereocenters. The van der Waals surface area contributed by atoms with E-state index < -0.39 is 0 Å². The Balaban J connectivity index is 2.58. The molecule has 0 radical (unpaired) electrons. The molecule has 0 saturated carbocycles. The monoisotopic (exact) mass is 323 g/mol. The lowest BCUT2D eigenvalue weighted by Crippen LogP contribution is -2.34. The maximum Gasteiger partial charge on any atom is 0.139 e. The first-order valence-corrected chi connectivity index (χ1v) is 7.47. The van der Waals surface area contributed by atoms with Crippen LogP contribution in [0, 0.1) is 5.41 Å². The van der Waals surface area contributed by atoms with Crippen molar-refractivity contribution in [2.75, 3.05) is 19.7 Å². The molecular formula is C14H20Cl3NO. The fourth-order valence-corrected chi connectivity index (χ4v) is 2.13. The maximum absolute atomic E-state index is 6.07. The van der Waals surface area contributed by atoms with E-state index in [-0.39, 0.29) is 5.41 Å². The molecule has 2 nitrogen and oxygen atoms in total. The van der Waals surface area contributed by atoms with Crippen LogP contribution >= 0.6 is 34.8 Å². The van der Waals surface area contributed by atoms with Gasteiger partial charge in [0.05, 0.1) is 21.7 Å². The number of hydrogen-bond acceptors (Lipinski definition) is 2. The Bertz CT molecular complexity index is 421. The summed E-state index contributed by atoms with van der Waals surface area (Å²) in [5.41, 5.74) is 0.0185. The van der Waals surface area contributed by atoms with Gasteiger partial charge >= 0.3 is 0 Å². The van der Waals surface area contributed by atoms with Crippen molar-refractivity contribution in [2.45, 2.75) is 27.2 Å². The Morgan fingerprint density at radius 1 is 1.11 bits per heavy atom.